The number of aryl methyl sites for hydroxylation is 1. The van der Waals surface area contributed by atoms with E-state index >= 15 is 0 Å². The molecule has 0 aliphatic heterocycles. The van der Waals surface area contributed by atoms with Gasteiger partial charge in [-0.25, -0.2) is 14.8 Å². The van der Waals surface area contributed by atoms with E-state index in [0.29, 0.717) is 12.2 Å². The first-order valence-electron chi connectivity index (χ1n) is 6.24. The van der Waals surface area contributed by atoms with Gasteiger partial charge in [-0.15, -0.1) is 0 Å². The minimum Gasteiger partial charge on any atom is -0.478 e. The van der Waals surface area contributed by atoms with Crippen LogP contribution in [0.3, 0.4) is 0 Å². The van der Waals surface area contributed by atoms with Crippen LogP contribution in [0.5, 0.6) is 0 Å². The third-order valence-corrected chi connectivity index (χ3v) is 3.35. The Kier molecular flexibility index (Phi) is 2.95. The lowest BCUT2D eigenvalue weighted by Gasteiger charge is -2.09. The van der Waals surface area contributed by atoms with Gasteiger partial charge in [0.25, 0.3) is 0 Å². The smallest absolute Gasteiger partial charge is 0.339 e. The minimum atomic E-state index is -1.00. The van der Waals surface area contributed by atoms with E-state index in [9.17, 15) is 9.90 Å². The summed E-state index contributed by atoms with van der Waals surface area (Å²) >= 11 is 0. The lowest BCUT2D eigenvalue weighted by molar-refractivity contribution is 0.0694. The molecular weight excluding hydrogens is 254 g/mol. The van der Waals surface area contributed by atoms with E-state index in [2.05, 4.69) is 20.6 Å². The van der Waals surface area contributed by atoms with Crippen LogP contribution in [0.2, 0.25) is 0 Å². The highest BCUT2D eigenvalue weighted by Gasteiger charge is 2.13. The Hall–Kier alpha value is -2.69. The molecule has 2 aromatic heterocycles. The Morgan fingerprint density at radius 3 is 2.95 bits per heavy atom. The molecule has 0 saturated carbocycles. The van der Waals surface area contributed by atoms with E-state index in [1.54, 1.807) is 0 Å². The molecule has 1 N–H and O–H groups in total. The highest BCUT2D eigenvalue weighted by molar-refractivity contribution is 5.88. The quantitative estimate of drug-likeness (QED) is 0.791. The summed E-state index contributed by atoms with van der Waals surface area (Å²) in [5.41, 5.74) is 2.79. The van der Waals surface area contributed by atoms with Crippen molar-refractivity contribution in [1.82, 2.24) is 14.5 Å². The van der Waals surface area contributed by atoms with Gasteiger partial charge in [-0.2, -0.15) is 0 Å². The number of carbonyl (C=O) groups is 1. The van der Waals surface area contributed by atoms with Crippen LogP contribution in [0.1, 0.15) is 21.7 Å². The predicted molar refractivity (Wildman–Crippen MR) is 74.8 cm³/mol. The molecule has 3 rings (SSSR count). The molecule has 0 fully saturated rings. The zero-order chi connectivity index (χ0) is 14.1. The van der Waals surface area contributed by atoms with Gasteiger partial charge in [-0.3, -0.25) is 0 Å². The molecule has 0 aliphatic rings. The summed E-state index contributed by atoms with van der Waals surface area (Å²) in [5.74, 6) is -1.00. The molecule has 0 bridgehead atoms. The predicted octanol–water partition coefficient (Wildman–Crippen LogP) is 2.49. The van der Waals surface area contributed by atoms with Gasteiger partial charge < -0.3 is 9.67 Å². The van der Waals surface area contributed by atoms with Crippen molar-refractivity contribution in [2.75, 3.05) is 0 Å². The van der Waals surface area contributed by atoms with Crippen molar-refractivity contribution in [2.45, 2.75) is 13.5 Å². The standard InChI is InChI=1S/C15H13N3O2/c1-10-6-11-4-2-3-5-14(11)18(10)8-13-12(15(19)20)7-16-9-17-13/h2-7,9H,8H2,1H3,(H,19,20). The van der Waals surface area contributed by atoms with Crippen molar-refractivity contribution in [2.24, 2.45) is 0 Å². The van der Waals surface area contributed by atoms with Gasteiger partial charge in [-0.05, 0) is 24.4 Å². The Morgan fingerprint density at radius 1 is 1.35 bits per heavy atom. The van der Waals surface area contributed by atoms with Gasteiger partial charge in [0.05, 0.1) is 12.2 Å². The number of aromatic carboxylic acids is 1. The molecule has 20 heavy (non-hydrogen) atoms. The Balaban J connectivity index is 2.10. The summed E-state index contributed by atoms with van der Waals surface area (Å²) < 4.78 is 2.06. The average molecular weight is 267 g/mol. The molecule has 0 spiro atoms. The highest BCUT2D eigenvalue weighted by Crippen LogP contribution is 2.20. The summed E-state index contributed by atoms with van der Waals surface area (Å²) in [6.07, 6.45) is 2.72. The fourth-order valence-electron chi connectivity index (χ4n) is 2.37. The maximum atomic E-state index is 11.2. The molecule has 5 nitrogen and oxygen atoms in total. The summed E-state index contributed by atoms with van der Waals surface area (Å²) in [6.45, 7) is 2.42. The second-order valence-corrected chi connectivity index (χ2v) is 4.62. The molecule has 0 amide bonds. The maximum Gasteiger partial charge on any atom is 0.339 e. The third kappa shape index (κ3) is 2.03. The van der Waals surface area contributed by atoms with Gasteiger partial charge in [0.2, 0.25) is 0 Å². The van der Waals surface area contributed by atoms with Gasteiger partial charge in [-0.1, -0.05) is 18.2 Å². The number of fused-ring (bicyclic) bond motifs is 1. The number of aromatic nitrogens is 3. The van der Waals surface area contributed by atoms with Crippen LogP contribution >= 0.6 is 0 Å². The third-order valence-electron chi connectivity index (χ3n) is 3.35. The van der Waals surface area contributed by atoms with Crippen LogP contribution in [0.25, 0.3) is 10.9 Å². The lowest BCUT2D eigenvalue weighted by Crippen LogP contribution is -2.10. The van der Waals surface area contributed by atoms with Crippen LogP contribution < -0.4 is 0 Å². The molecule has 100 valence electrons. The molecule has 0 unspecified atom stereocenters. The molecule has 0 saturated heterocycles. The first-order valence-corrected chi connectivity index (χ1v) is 6.24. The van der Waals surface area contributed by atoms with Gasteiger partial charge in [0.1, 0.15) is 11.9 Å². The van der Waals surface area contributed by atoms with Crippen molar-refractivity contribution >= 4 is 16.9 Å². The van der Waals surface area contributed by atoms with Crippen LogP contribution in [-0.4, -0.2) is 25.6 Å². The lowest BCUT2D eigenvalue weighted by atomic mass is 10.2. The number of carboxylic acids is 1. The summed E-state index contributed by atoms with van der Waals surface area (Å²) in [5, 5.41) is 10.3. The van der Waals surface area contributed by atoms with Crippen LogP contribution in [-0.2, 0) is 6.54 Å². The molecule has 3 aromatic rings. The first-order chi connectivity index (χ1) is 9.66. The summed E-state index contributed by atoms with van der Waals surface area (Å²) in [7, 11) is 0. The molecule has 2 heterocycles. The number of carboxylic acid groups (broad SMARTS) is 1. The maximum absolute atomic E-state index is 11.2. The second kappa shape index (κ2) is 4.77. The largest absolute Gasteiger partial charge is 0.478 e. The van der Waals surface area contributed by atoms with E-state index < -0.39 is 5.97 Å². The van der Waals surface area contributed by atoms with Crippen LogP contribution in [0, 0.1) is 6.92 Å². The Labute approximate surface area is 115 Å². The summed E-state index contributed by atoms with van der Waals surface area (Å²) in [6, 6.07) is 10.1. The van der Waals surface area contributed by atoms with Crippen LogP contribution in [0.15, 0.2) is 42.9 Å². The molecule has 5 heteroatoms. The SMILES string of the molecule is Cc1cc2ccccc2n1Cc1ncncc1C(=O)O. The number of hydrogen-bond donors (Lipinski definition) is 1. The minimum absolute atomic E-state index is 0.143. The van der Waals surface area contributed by atoms with Crippen molar-refractivity contribution in [1.29, 1.82) is 0 Å². The highest BCUT2D eigenvalue weighted by atomic mass is 16.4. The van der Waals surface area contributed by atoms with Crippen LogP contribution in [0.4, 0.5) is 0 Å². The number of hydrogen-bond acceptors (Lipinski definition) is 3. The number of para-hydroxylation sites is 1. The molecule has 1 aromatic carbocycles. The summed E-state index contributed by atoms with van der Waals surface area (Å²) in [4.78, 5) is 19.1. The fraction of sp³-hybridized carbons (Fsp3) is 0.133. The normalized spacial score (nSPS) is 10.8. The molecule has 0 radical (unpaired) electrons. The van der Waals surface area contributed by atoms with E-state index in [1.165, 1.54) is 12.5 Å². The van der Waals surface area contributed by atoms with E-state index in [-0.39, 0.29) is 5.56 Å². The molecule has 0 aliphatic carbocycles. The Bertz CT molecular complexity index is 793. The Morgan fingerprint density at radius 2 is 2.15 bits per heavy atom. The van der Waals surface area contributed by atoms with Gasteiger partial charge in [0.15, 0.2) is 0 Å². The van der Waals surface area contributed by atoms with E-state index in [0.717, 1.165) is 16.6 Å². The van der Waals surface area contributed by atoms with Crippen molar-refractivity contribution in [3.63, 3.8) is 0 Å². The van der Waals surface area contributed by atoms with Crippen molar-refractivity contribution in [3.05, 3.63) is 59.8 Å². The van der Waals surface area contributed by atoms with Gasteiger partial charge in [0, 0.05) is 17.4 Å². The van der Waals surface area contributed by atoms with Crippen molar-refractivity contribution in [3.8, 4) is 0 Å². The first kappa shape index (κ1) is 12.3. The monoisotopic (exact) mass is 267 g/mol. The van der Waals surface area contributed by atoms with Gasteiger partial charge >= 0.3 is 5.97 Å². The number of rotatable bonds is 3. The molecular formula is C15H13N3O2. The zero-order valence-electron chi connectivity index (χ0n) is 10.9. The second-order valence-electron chi connectivity index (χ2n) is 4.62. The molecule has 0 atom stereocenters. The fourth-order valence-corrected chi connectivity index (χ4v) is 2.37. The average Bonchev–Trinajstić information content (AvgIpc) is 2.76. The van der Waals surface area contributed by atoms with E-state index in [1.807, 2.05) is 31.2 Å². The zero-order valence-corrected chi connectivity index (χ0v) is 10.9. The topological polar surface area (TPSA) is 68.0 Å². The van der Waals surface area contributed by atoms with Crippen molar-refractivity contribution < 1.29 is 9.90 Å². The number of nitrogens with zero attached hydrogens (tertiary/aromatic N) is 3. The van der Waals surface area contributed by atoms with E-state index in [4.69, 9.17) is 0 Å². The number of benzene rings is 1.